The van der Waals surface area contributed by atoms with Gasteiger partial charge in [0.2, 0.25) is 0 Å². The summed E-state index contributed by atoms with van der Waals surface area (Å²) in [6.07, 6.45) is 5.10. The fourth-order valence-corrected chi connectivity index (χ4v) is 2.65. The van der Waals surface area contributed by atoms with Crippen molar-refractivity contribution in [2.75, 3.05) is 19.8 Å². The van der Waals surface area contributed by atoms with Crippen LogP contribution in [0.3, 0.4) is 0 Å². The van der Waals surface area contributed by atoms with Crippen molar-refractivity contribution in [2.45, 2.75) is 51.7 Å². The van der Waals surface area contributed by atoms with Crippen LogP contribution in [-0.4, -0.2) is 25.9 Å². The van der Waals surface area contributed by atoms with Gasteiger partial charge in [0, 0.05) is 12.6 Å². The van der Waals surface area contributed by atoms with Gasteiger partial charge in [-0.3, -0.25) is 0 Å². The lowest BCUT2D eigenvalue weighted by Gasteiger charge is -2.14. The monoisotopic (exact) mass is 277 g/mol. The Morgan fingerprint density at radius 1 is 1.35 bits per heavy atom. The second-order valence-electron chi connectivity index (χ2n) is 5.47. The van der Waals surface area contributed by atoms with Crippen LogP contribution in [0.1, 0.15) is 51.1 Å². The van der Waals surface area contributed by atoms with E-state index in [9.17, 15) is 0 Å². The molecule has 0 amide bonds. The van der Waals surface area contributed by atoms with E-state index in [-0.39, 0.29) is 0 Å². The molecule has 1 saturated heterocycles. The lowest BCUT2D eigenvalue weighted by Crippen LogP contribution is -2.17. The smallest absolute Gasteiger partial charge is 0.119 e. The highest BCUT2D eigenvalue weighted by atomic mass is 16.5. The van der Waals surface area contributed by atoms with Gasteiger partial charge < -0.3 is 14.8 Å². The number of ether oxygens (including phenoxy) is 2. The van der Waals surface area contributed by atoms with Crippen molar-refractivity contribution in [3.63, 3.8) is 0 Å². The molecule has 1 N–H and O–H groups in total. The zero-order valence-electron chi connectivity index (χ0n) is 12.7. The SMILES string of the molecule is CCNC(C)c1ccc(OCCCC2CCCO2)cc1. The molecule has 2 atom stereocenters. The van der Waals surface area contributed by atoms with Crippen molar-refractivity contribution in [3.05, 3.63) is 29.8 Å². The maximum Gasteiger partial charge on any atom is 0.119 e. The van der Waals surface area contributed by atoms with E-state index in [0.29, 0.717) is 12.1 Å². The molecule has 1 fully saturated rings. The topological polar surface area (TPSA) is 30.5 Å². The van der Waals surface area contributed by atoms with Crippen molar-refractivity contribution < 1.29 is 9.47 Å². The van der Waals surface area contributed by atoms with Crippen molar-refractivity contribution in [2.24, 2.45) is 0 Å². The fraction of sp³-hybridized carbons (Fsp3) is 0.647. The van der Waals surface area contributed by atoms with Crippen molar-refractivity contribution in [1.29, 1.82) is 0 Å². The van der Waals surface area contributed by atoms with Gasteiger partial charge in [-0.25, -0.2) is 0 Å². The van der Waals surface area contributed by atoms with Crippen LogP contribution < -0.4 is 10.1 Å². The Hall–Kier alpha value is -1.06. The van der Waals surface area contributed by atoms with Crippen LogP contribution in [0.4, 0.5) is 0 Å². The van der Waals surface area contributed by atoms with Gasteiger partial charge in [0.15, 0.2) is 0 Å². The molecule has 1 heterocycles. The summed E-state index contributed by atoms with van der Waals surface area (Å²) in [6, 6.07) is 8.81. The largest absolute Gasteiger partial charge is 0.494 e. The summed E-state index contributed by atoms with van der Waals surface area (Å²) >= 11 is 0. The Kier molecular flexibility index (Phi) is 6.34. The van der Waals surface area contributed by atoms with E-state index in [4.69, 9.17) is 9.47 Å². The highest BCUT2D eigenvalue weighted by Crippen LogP contribution is 2.19. The van der Waals surface area contributed by atoms with Gasteiger partial charge in [0.05, 0.1) is 12.7 Å². The van der Waals surface area contributed by atoms with Gasteiger partial charge in [0.25, 0.3) is 0 Å². The van der Waals surface area contributed by atoms with Crippen LogP contribution in [-0.2, 0) is 4.74 Å². The summed E-state index contributed by atoms with van der Waals surface area (Å²) in [4.78, 5) is 0. The first-order valence-electron chi connectivity index (χ1n) is 7.87. The standard InChI is InChI=1S/C17H27NO2/c1-3-18-14(2)15-8-10-17(11-9-15)20-13-5-7-16-6-4-12-19-16/h8-11,14,16,18H,3-7,12-13H2,1-2H3. The van der Waals surface area contributed by atoms with Crippen LogP contribution in [0.25, 0.3) is 0 Å². The number of nitrogens with one attached hydrogen (secondary N) is 1. The van der Waals surface area contributed by atoms with E-state index < -0.39 is 0 Å². The molecule has 1 aromatic rings. The van der Waals surface area contributed by atoms with Gasteiger partial charge in [-0.15, -0.1) is 0 Å². The minimum absolute atomic E-state index is 0.397. The van der Waals surface area contributed by atoms with Gasteiger partial charge in [-0.1, -0.05) is 19.1 Å². The average molecular weight is 277 g/mol. The molecule has 3 heteroatoms. The van der Waals surface area contributed by atoms with E-state index in [2.05, 4.69) is 43.4 Å². The van der Waals surface area contributed by atoms with E-state index in [1.54, 1.807) is 0 Å². The molecule has 0 bridgehead atoms. The van der Waals surface area contributed by atoms with Crippen LogP contribution in [0, 0.1) is 0 Å². The van der Waals surface area contributed by atoms with Crippen molar-refractivity contribution >= 4 is 0 Å². The first-order valence-corrected chi connectivity index (χ1v) is 7.87. The molecule has 1 aromatic carbocycles. The van der Waals surface area contributed by atoms with Crippen LogP contribution in [0.2, 0.25) is 0 Å². The molecule has 0 radical (unpaired) electrons. The highest BCUT2D eigenvalue weighted by molar-refractivity contribution is 5.28. The van der Waals surface area contributed by atoms with E-state index in [1.807, 2.05) is 0 Å². The lowest BCUT2D eigenvalue weighted by molar-refractivity contribution is 0.0981. The molecule has 0 spiro atoms. The minimum Gasteiger partial charge on any atom is -0.494 e. The van der Waals surface area contributed by atoms with Crippen molar-refractivity contribution in [1.82, 2.24) is 5.32 Å². The summed E-state index contributed by atoms with van der Waals surface area (Å²) in [6.45, 7) is 7.02. The predicted octanol–water partition coefficient (Wildman–Crippen LogP) is 3.70. The second-order valence-corrected chi connectivity index (χ2v) is 5.47. The summed E-state index contributed by atoms with van der Waals surface area (Å²) in [5.74, 6) is 0.963. The molecular formula is C17H27NO2. The Balaban J connectivity index is 1.67. The normalized spacial score (nSPS) is 20.0. The third-order valence-corrected chi connectivity index (χ3v) is 3.85. The molecule has 0 aliphatic carbocycles. The first-order chi connectivity index (χ1) is 9.79. The zero-order chi connectivity index (χ0) is 14.2. The minimum atomic E-state index is 0.397. The molecule has 112 valence electrons. The maximum absolute atomic E-state index is 5.78. The molecule has 2 unspecified atom stereocenters. The molecule has 0 aromatic heterocycles. The third-order valence-electron chi connectivity index (χ3n) is 3.85. The number of hydrogen-bond acceptors (Lipinski definition) is 3. The summed E-state index contributed by atoms with van der Waals surface area (Å²) < 4.78 is 11.4. The van der Waals surface area contributed by atoms with E-state index in [0.717, 1.165) is 38.3 Å². The van der Waals surface area contributed by atoms with Crippen LogP contribution in [0.5, 0.6) is 5.75 Å². The lowest BCUT2D eigenvalue weighted by atomic mass is 10.1. The van der Waals surface area contributed by atoms with Crippen LogP contribution >= 0.6 is 0 Å². The predicted molar refractivity (Wildman–Crippen MR) is 82.2 cm³/mol. The van der Waals surface area contributed by atoms with Crippen molar-refractivity contribution in [3.8, 4) is 5.75 Å². The van der Waals surface area contributed by atoms with Gasteiger partial charge >= 0.3 is 0 Å². The molecule has 1 aliphatic heterocycles. The highest BCUT2D eigenvalue weighted by Gasteiger charge is 2.14. The molecule has 20 heavy (non-hydrogen) atoms. The molecule has 2 rings (SSSR count). The summed E-state index contributed by atoms with van der Waals surface area (Å²) in [5, 5.41) is 3.41. The fourth-order valence-electron chi connectivity index (χ4n) is 2.65. The third kappa shape index (κ3) is 4.80. The summed E-state index contributed by atoms with van der Waals surface area (Å²) in [5.41, 5.74) is 1.30. The Morgan fingerprint density at radius 2 is 2.15 bits per heavy atom. The molecule has 0 saturated carbocycles. The van der Waals surface area contributed by atoms with Gasteiger partial charge in [0.1, 0.15) is 5.75 Å². The summed E-state index contributed by atoms with van der Waals surface area (Å²) in [7, 11) is 0. The zero-order valence-corrected chi connectivity index (χ0v) is 12.7. The molecular weight excluding hydrogens is 250 g/mol. The number of hydrogen-bond donors (Lipinski definition) is 1. The molecule has 1 aliphatic rings. The Labute approximate surface area is 122 Å². The van der Waals surface area contributed by atoms with Gasteiger partial charge in [-0.2, -0.15) is 0 Å². The quantitative estimate of drug-likeness (QED) is 0.735. The van der Waals surface area contributed by atoms with Crippen LogP contribution in [0.15, 0.2) is 24.3 Å². The number of rotatable bonds is 8. The number of benzene rings is 1. The van der Waals surface area contributed by atoms with Gasteiger partial charge in [-0.05, 0) is 56.8 Å². The first kappa shape index (κ1) is 15.3. The Morgan fingerprint density at radius 3 is 2.80 bits per heavy atom. The molecule has 3 nitrogen and oxygen atoms in total. The Bertz CT molecular complexity index is 371. The maximum atomic E-state index is 5.78. The van der Waals surface area contributed by atoms with E-state index >= 15 is 0 Å². The van der Waals surface area contributed by atoms with E-state index in [1.165, 1.54) is 18.4 Å². The average Bonchev–Trinajstić information content (AvgIpc) is 2.98. The second kappa shape index (κ2) is 8.28.